The number of halogens is 2. The molecule has 3 rings (SSSR count). The van der Waals surface area contributed by atoms with E-state index in [0.29, 0.717) is 37.6 Å². The van der Waals surface area contributed by atoms with Crippen LogP contribution in [-0.2, 0) is 11.2 Å². The van der Waals surface area contributed by atoms with Crippen molar-refractivity contribution in [2.45, 2.75) is 6.42 Å². The lowest BCUT2D eigenvalue weighted by atomic mass is 10.1. The van der Waals surface area contributed by atoms with Gasteiger partial charge in [0.25, 0.3) is 0 Å². The molecule has 0 radical (unpaired) electrons. The Morgan fingerprint density at radius 1 is 1.24 bits per heavy atom. The van der Waals surface area contributed by atoms with E-state index >= 15 is 0 Å². The first-order chi connectivity index (χ1) is 12.1. The molecule has 1 saturated heterocycles. The Kier molecular flexibility index (Phi) is 5.15. The van der Waals surface area contributed by atoms with Gasteiger partial charge in [0, 0.05) is 43.0 Å². The van der Waals surface area contributed by atoms with E-state index in [1.165, 1.54) is 12.1 Å². The zero-order chi connectivity index (χ0) is 17.8. The van der Waals surface area contributed by atoms with Crippen LogP contribution in [0.25, 0.3) is 0 Å². The summed E-state index contributed by atoms with van der Waals surface area (Å²) in [6, 6.07) is 9.97. The number of carbonyl (C=O) groups excluding carboxylic acids is 1. The van der Waals surface area contributed by atoms with Crippen LogP contribution in [0, 0.1) is 17.1 Å². The van der Waals surface area contributed by atoms with Gasteiger partial charge in [-0.15, -0.1) is 0 Å². The van der Waals surface area contributed by atoms with Gasteiger partial charge in [0.15, 0.2) is 0 Å². The molecule has 1 amide bonds. The van der Waals surface area contributed by atoms with Gasteiger partial charge in [-0.1, -0.05) is 17.7 Å². The Balaban J connectivity index is 1.64. The molecule has 0 bridgehead atoms. The maximum Gasteiger partial charge on any atom is 0.227 e. The number of hydrogen-bond donors (Lipinski definition) is 0. The van der Waals surface area contributed by atoms with Gasteiger partial charge in [-0.25, -0.2) is 9.37 Å². The van der Waals surface area contributed by atoms with Gasteiger partial charge in [-0.2, -0.15) is 5.26 Å². The van der Waals surface area contributed by atoms with Gasteiger partial charge in [0.1, 0.15) is 17.7 Å². The van der Waals surface area contributed by atoms with E-state index in [-0.39, 0.29) is 22.9 Å². The molecule has 1 aliphatic heterocycles. The number of aromatic nitrogens is 1. The average molecular weight is 359 g/mol. The molecule has 7 heteroatoms. The number of amides is 1. The second-order valence-electron chi connectivity index (χ2n) is 5.73. The summed E-state index contributed by atoms with van der Waals surface area (Å²) in [6.07, 6.45) is 1.59. The number of hydrogen-bond acceptors (Lipinski definition) is 4. The van der Waals surface area contributed by atoms with E-state index < -0.39 is 5.82 Å². The largest absolute Gasteiger partial charge is 0.352 e. The van der Waals surface area contributed by atoms with Crippen molar-refractivity contribution in [3.63, 3.8) is 0 Å². The molecule has 0 spiro atoms. The van der Waals surface area contributed by atoms with Crippen molar-refractivity contribution in [3.05, 3.63) is 58.5 Å². The van der Waals surface area contributed by atoms with Crippen molar-refractivity contribution in [3.8, 4) is 6.07 Å². The molecule has 1 aromatic heterocycles. The Hall–Kier alpha value is -2.65. The highest BCUT2D eigenvalue weighted by Crippen LogP contribution is 2.21. The first-order valence-electron chi connectivity index (χ1n) is 7.91. The SMILES string of the molecule is N#Cc1cccnc1N1CCN(C(=O)Cc2c(F)cccc2Cl)CC1. The van der Waals surface area contributed by atoms with Gasteiger partial charge >= 0.3 is 0 Å². The summed E-state index contributed by atoms with van der Waals surface area (Å²) in [6.45, 7) is 2.13. The summed E-state index contributed by atoms with van der Waals surface area (Å²) in [4.78, 5) is 20.4. The second-order valence-corrected chi connectivity index (χ2v) is 6.14. The topological polar surface area (TPSA) is 60.2 Å². The van der Waals surface area contributed by atoms with Gasteiger partial charge in [0.05, 0.1) is 12.0 Å². The lowest BCUT2D eigenvalue weighted by molar-refractivity contribution is -0.130. The Morgan fingerprint density at radius 3 is 2.68 bits per heavy atom. The molecule has 0 atom stereocenters. The summed E-state index contributed by atoms with van der Waals surface area (Å²) in [5, 5.41) is 9.44. The molecular formula is C18H16ClFN4O. The third-order valence-corrected chi connectivity index (χ3v) is 4.58. The van der Waals surface area contributed by atoms with E-state index in [1.54, 1.807) is 29.3 Å². The zero-order valence-corrected chi connectivity index (χ0v) is 14.2. The van der Waals surface area contributed by atoms with Crippen molar-refractivity contribution >= 4 is 23.3 Å². The Bertz CT molecular complexity index is 808. The molecule has 5 nitrogen and oxygen atoms in total. The monoisotopic (exact) mass is 358 g/mol. The van der Waals surface area contributed by atoms with E-state index in [4.69, 9.17) is 11.6 Å². The van der Waals surface area contributed by atoms with Crippen molar-refractivity contribution in [1.29, 1.82) is 5.26 Å². The molecule has 2 aromatic rings. The van der Waals surface area contributed by atoms with Crippen LogP contribution in [0.15, 0.2) is 36.5 Å². The summed E-state index contributed by atoms with van der Waals surface area (Å²) in [7, 11) is 0. The third-order valence-electron chi connectivity index (χ3n) is 4.23. The molecule has 0 saturated carbocycles. The highest BCUT2D eigenvalue weighted by molar-refractivity contribution is 6.31. The highest BCUT2D eigenvalue weighted by Gasteiger charge is 2.24. The van der Waals surface area contributed by atoms with Crippen LogP contribution >= 0.6 is 11.6 Å². The maximum absolute atomic E-state index is 13.8. The lowest BCUT2D eigenvalue weighted by Gasteiger charge is -2.35. The predicted octanol–water partition coefficient (Wildman–Crippen LogP) is 2.64. The third kappa shape index (κ3) is 3.72. The van der Waals surface area contributed by atoms with Crippen LogP contribution in [0.1, 0.15) is 11.1 Å². The highest BCUT2D eigenvalue weighted by atomic mass is 35.5. The number of anilines is 1. The van der Waals surface area contributed by atoms with Gasteiger partial charge < -0.3 is 9.80 Å². The number of pyridine rings is 1. The standard InChI is InChI=1S/C18H16ClFN4O/c19-15-4-1-5-16(20)14(15)11-17(25)23-7-9-24(10-8-23)18-13(12-21)3-2-6-22-18/h1-6H,7-11H2. The summed E-state index contributed by atoms with van der Waals surface area (Å²) in [5.41, 5.74) is 0.744. The first-order valence-corrected chi connectivity index (χ1v) is 8.28. The van der Waals surface area contributed by atoms with Gasteiger partial charge in [-0.3, -0.25) is 4.79 Å². The number of piperazine rings is 1. The predicted molar refractivity (Wildman–Crippen MR) is 92.9 cm³/mol. The molecular weight excluding hydrogens is 343 g/mol. The molecule has 1 aromatic carbocycles. The van der Waals surface area contributed by atoms with Crippen LogP contribution in [0.3, 0.4) is 0 Å². The molecule has 1 fully saturated rings. The van der Waals surface area contributed by atoms with E-state index in [0.717, 1.165) is 0 Å². The van der Waals surface area contributed by atoms with Crippen LogP contribution in [0.4, 0.5) is 10.2 Å². The second kappa shape index (κ2) is 7.49. The van der Waals surface area contributed by atoms with E-state index in [9.17, 15) is 14.4 Å². The smallest absolute Gasteiger partial charge is 0.227 e. The van der Waals surface area contributed by atoms with Gasteiger partial charge in [0.2, 0.25) is 5.91 Å². The fraction of sp³-hybridized carbons (Fsp3) is 0.278. The molecule has 0 N–H and O–H groups in total. The fourth-order valence-corrected chi connectivity index (χ4v) is 3.10. The van der Waals surface area contributed by atoms with Crippen molar-refractivity contribution in [1.82, 2.24) is 9.88 Å². The minimum atomic E-state index is -0.466. The quantitative estimate of drug-likeness (QED) is 0.846. The first kappa shape index (κ1) is 17.2. The minimum Gasteiger partial charge on any atom is -0.352 e. The van der Waals surface area contributed by atoms with Crippen molar-refractivity contribution < 1.29 is 9.18 Å². The molecule has 0 unspecified atom stereocenters. The number of benzene rings is 1. The molecule has 25 heavy (non-hydrogen) atoms. The molecule has 2 heterocycles. The number of nitriles is 1. The maximum atomic E-state index is 13.8. The summed E-state index contributed by atoms with van der Waals surface area (Å²) >= 11 is 5.99. The summed E-state index contributed by atoms with van der Waals surface area (Å²) < 4.78 is 13.8. The van der Waals surface area contributed by atoms with Gasteiger partial charge in [-0.05, 0) is 24.3 Å². The Morgan fingerprint density at radius 2 is 2.00 bits per heavy atom. The number of carbonyl (C=O) groups is 1. The van der Waals surface area contributed by atoms with Crippen molar-refractivity contribution in [2.24, 2.45) is 0 Å². The zero-order valence-electron chi connectivity index (χ0n) is 13.5. The van der Waals surface area contributed by atoms with Crippen LogP contribution in [0.2, 0.25) is 5.02 Å². The molecule has 1 aliphatic rings. The number of nitrogens with zero attached hydrogens (tertiary/aromatic N) is 4. The molecule has 0 aliphatic carbocycles. The Labute approximate surface area is 150 Å². The van der Waals surface area contributed by atoms with E-state index in [1.807, 2.05) is 4.90 Å². The van der Waals surface area contributed by atoms with Crippen LogP contribution in [0.5, 0.6) is 0 Å². The van der Waals surface area contributed by atoms with Crippen molar-refractivity contribution in [2.75, 3.05) is 31.1 Å². The minimum absolute atomic E-state index is 0.0570. The average Bonchev–Trinajstić information content (AvgIpc) is 2.65. The van der Waals surface area contributed by atoms with Crippen LogP contribution in [-0.4, -0.2) is 42.0 Å². The number of rotatable bonds is 3. The normalized spacial score (nSPS) is 14.3. The van der Waals surface area contributed by atoms with Crippen LogP contribution < -0.4 is 4.90 Å². The fourth-order valence-electron chi connectivity index (χ4n) is 2.87. The van der Waals surface area contributed by atoms with E-state index in [2.05, 4.69) is 11.1 Å². The summed E-state index contributed by atoms with van der Waals surface area (Å²) in [5.74, 6) is 0.00839. The lowest BCUT2D eigenvalue weighted by Crippen LogP contribution is -2.49. The molecule has 128 valence electrons.